The van der Waals surface area contributed by atoms with Gasteiger partial charge in [-0.05, 0) is 12.8 Å². The molecule has 0 radical (unpaired) electrons. The van der Waals surface area contributed by atoms with Crippen LogP contribution in [0, 0.1) is 0 Å². The van der Waals surface area contributed by atoms with Crippen molar-refractivity contribution in [2.24, 2.45) is 0 Å². The molecule has 1 unspecified atom stereocenters. The third-order valence-corrected chi connectivity index (χ3v) is 2.55. The molecule has 1 N–H and O–H groups in total. The minimum absolute atomic E-state index is 0.109. The molecule has 2 rings (SSSR count). The molecule has 2 aliphatic heterocycles. The molecular weight excluding hydrogens is 156 g/mol. The zero-order valence-corrected chi connectivity index (χ0v) is 6.88. The lowest BCUT2D eigenvalue weighted by Gasteiger charge is -2.17. The molecule has 12 heavy (non-hydrogen) atoms. The molecular formula is C8H12N2O2. The Bertz CT molecular complexity index is 205. The van der Waals surface area contributed by atoms with E-state index in [2.05, 4.69) is 5.32 Å². The van der Waals surface area contributed by atoms with E-state index in [9.17, 15) is 9.59 Å². The van der Waals surface area contributed by atoms with Gasteiger partial charge >= 0.3 is 6.03 Å². The summed E-state index contributed by atoms with van der Waals surface area (Å²) in [5.41, 5.74) is 0. The second kappa shape index (κ2) is 2.77. The molecule has 2 saturated heterocycles. The van der Waals surface area contributed by atoms with E-state index in [4.69, 9.17) is 0 Å². The fraction of sp³-hybridized carbons (Fsp3) is 0.750. The third kappa shape index (κ3) is 1.07. The standard InChI is InChI=1S/C8H12N2O2/c11-7-6-4-2-1-3-5-10(6)8(12)9-7/h6H,1-5H2,(H,9,11,12). The monoisotopic (exact) mass is 168 g/mol. The molecule has 0 bridgehead atoms. The van der Waals surface area contributed by atoms with Crippen molar-refractivity contribution in [3.05, 3.63) is 0 Å². The molecule has 66 valence electrons. The average Bonchev–Trinajstić information content (AvgIpc) is 2.29. The molecule has 0 aromatic rings. The number of carbonyl (C=O) groups is 2. The lowest BCUT2D eigenvalue weighted by molar-refractivity contribution is -0.121. The highest BCUT2D eigenvalue weighted by atomic mass is 16.2. The largest absolute Gasteiger partial charge is 0.324 e. The number of carbonyl (C=O) groups excluding carboxylic acids is 2. The lowest BCUT2D eigenvalue weighted by Crippen LogP contribution is -2.34. The van der Waals surface area contributed by atoms with Gasteiger partial charge in [-0.3, -0.25) is 10.1 Å². The Balaban J connectivity index is 2.17. The lowest BCUT2D eigenvalue weighted by atomic mass is 10.1. The maximum atomic E-state index is 11.2. The molecule has 2 fully saturated rings. The van der Waals surface area contributed by atoms with Crippen LogP contribution < -0.4 is 5.32 Å². The molecule has 4 nitrogen and oxygen atoms in total. The summed E-state index contributed by atoms with van der Waals surface area (Å²) in [4.78, 5) is 24.0. The number of amides is 3. The van der Waals surface area contributed by atoms with E-state index in [1.54, 1.807) is 4.90 Å². The van der Waals surface area contributed by atoms with Crippen LogP contribution in [0.3, 0.4) is 0 Å². The van der Waals surface area contributed by atoms with Crippen LogP contribution in [-0.2, 0) is 4.79 Å². The first-order valence-electron chi connectivity index (χ1n) is 4.40. The van der Waals surface area contributed by atoms with Crippen molar-refractivity contribution in [2.45, 2.75) is 31.7 Å². The molecule has 0 aromatic heterocycles. The summed E-state index contributed by atoms with van der Waals surface area (Å²) in [6, 6.07) is -0.369. The summed E-state index contributed by atoms with van der Waals surface area (Å²) in [6.07, 6.45) is 4.05. The number of fused-ring (bicyclic) bond motifs is 1. The SMILES string of the molecule is O=C1NC(=O)N2CCCCCC12. The van der Waals surface area contributed by atoms with Crippen molar-refractivity contribution in [1.82, 2.24) is 10.2 Å². The molecule has 2 heterocycles. The Morgan fingerprint density at radius 1 is 1.25 bits per heavy atom. The van der Waals surface area contributed by atoms with Crippen molar-refractivity contribution in [2.75, 3.05) is 6.54 Å². The van der Waals surface area contributed by atoms with E-state index < -0.39 is 0 Å². The molecule has 0 saturated carbocycles. The fourth-order valence-electron chi connectivity index (χ4n) is 1.88. The number of nitrogens with one attached hydrogen (secondary N) is 1. The predicted molar refractivity (Wildman–Crippen MR) is 42.5 cm³/mol. The van der Waals surface area contributed by atoms with Gasteiger partial charge in [-0.2, -0.15) is 0 Å². The van der Waals surface area contributed by atoms with Gasteiger partial charge in [0.2, 0.25) is 0 Å². The van der Waals surface area contributed by atoms with E-state index in [0.29, 0.717) is 0 Å². The second-order valence-electron chi connectivity index (χ2n) is 3.35. The molecule has 1 atom stereocenters. The first-order chi connectivity index (χ1) is 5.79. The number of rotatable bonds is 0. The quantitative estimate of drug-likeness (QED) is 0.535. The zero-order valence-electron chi connectivity index (χ0n) is 6.88. The Morgan fingerprint density at radius 3 is 2.92 bits per heavy atom. The van der Waals surface area contributed by atoms with Crippen LogP contribution in [0.5, 0.6) is 0 Å². The number of imide groups is 1. The highest BCUT2D eigenvalue weighted by Crippen LogP contribution is 2.20. The first kappa shape index (κ1) is 7.58. The smallest absolute Gasteiger partial charge is 0.312 e. The highest BCUT2D eigenvalue weighted by molar-refractivity contribution is 6.04. The summed E-state index contributed by atoms with van der Waals surface area (Å²) in [5.74, 6) is -0.109. The minimum atomic E-state index is -0.202. The van der Waals surface area contributed by atoms with Crippen molar-refractivity contribution < 1.29 is 9.59 Å². The Kier molecular flexibility index (Phi) is 1.75. The van der Waals surface area contributed by atoms with Gasteiger partial charge in [0.15, 0.2) is 0 Å². The third-order valence-electron chi connectivity index (χ3n) is 2.55. The van der Waals surface area contributed by atoms with Crippen molar-refractivity contribution >= 4 is 11.9 Å². The molecule has 0 aromatic carbocycles. The summed E-state index contributed by atoms with van der Waals surface area (Å²) < 4.78 is 0. The first-order valence-corrected chi connectivity index (χ1v) is 4.40. The maximum Gasteiger partial charge on any atom is 0.324 e. The number of hydrogen-bond acceptors (Lipinski definition) is 2. The number of hydrogen-bond donors (Lipinski definition) is 1. The van der Waals surface area contributed by atoms with Gasteiger partial charge < -0.3 is 4.90 Å². The summed E-state index contributed by atoms with van der Waals surface area (Å²) in [6.45, 7) is 0.738. The number of nitrogens with zero attached hydrogens (tertiary/aromatic N) is 1. The zero-order chi connectivity index (χ0) is 8.55. The van der Waals surface area contributed by atoms with E-state index in [1.807, 2.05) is 0 Å². The summed E-state index contributed by atoms with van der Waals surface area (Å²) in [7, 11) is 0. The van der Waals surface area contributed by atoms with Gasteiger partial charge in [0.05, 0.1) is 0 Å². The normalized spacial score (nSPS) is 29.7. The van der Waals surface area contributed by atoms with Crippen LogP contribution in [0.1, 0.15) is 25.7 Å². The van der Waals surface area contributed by atoms with Gasteiger partial charge in [-0.1, -0.05) is 12.8 Å². The molecule has 0 spiro atoms. The predicted octanol–water partition coefficient (Wildman–Crippen LogP) is 0.481. The summed E-state index contributed by atoms with van der Waals surface area (Å²) in [5, 5.41) is 2.33. The molecule has 2 aliphatic rings. The van der Waals surface area contributed by atoms with Crippen LogP contribution in [0.4, 0.5) is 4.79 Å². The second-order valence-corrected chi connectivity index (χ2v) is 3.35. The van der Waals surface area contributed by atoms with E-state index in [-0.39, 0.29) is 18.0 Å². The van der Waals surface area contributed by atoms with Gasteiger partial charge in [-0.15, -0.1) is 0 Å². The van der Waals surface area contributed by atoms with Crippen LogP contribution in [0.2, 0.25) is 0 Å². The van der Waals surface area contributed by atoms with E-state index >= 15 is 0 Å². The van der Waals surface area contributed by atoms with E-state index in [1.165, 1.54) is 0 Å². The van der Waals surface area contributed by atoms with E-state index in [0.717, 1.165) is 32.2 Å². The topological polar surface area (TPSA) is 49.4 Å². The minimum Gasteiger partial charge on any atom is -0.312 e. The van der Waals surface area contributed by atoms with Crippen molar-refractivity contribution in [3.8, 4) is 0 Å². The van der Waals surface area contributed by atoms with Crippen LogP contribution in [0.25, 0.3) is 0 Å². The summed E-state index contributed by atoms with van der Waals surface area (Å²) >= 11 is 0. The van der Waals surface area contributed by atoms with Crippen LogP contribution in [-0.4, -0.2) is 29.4 Å². The fourth-order valence-corrected chi connectivity index (χ4v) is 1.88. The van der Waals surface area contributed by atoms with Gasteiger partial charge in [0, 0.05) is 6.54 Å². The van der Waals surface area contributed by atoms with Gasteiger partial charge in [-0.25, -0.2) is 4.79 Å². The maximum absolute atomic E-state index is 11.2. The molecule has 0 aliphatic carbocycles. The van der Waals surface area contributed by atoms with Crippen molar-refractivity contribution in [3.63, 3.8) is 0 Å². The van der Waals surface area contributed by atoms with Crippen LogP contribution in [0.15, 0.2) is 0 Å². The van der Waals surface area contributed by atoms with Gasteiger partial charge in [0.25, 0.3) is 5.91 Å². The van der Waals surface area contributed by atoms with Gasteiger partial charge in [0.1, 0.15) is 6.04 Å². The Hall–Kier alpha value is -1.06. The van der Waals surface area contributed by atoms with Crippen molar-refractivity contribution in [1.29, 1.82) is 0 Å². The highest BCUT2D eigenvalue weighted by Gasteiger charge is 2.38. The molecule has 4 heteroatoms. The van der Waals surface area contributed by atoms with Crippen LogP contribution >= 0.6 is 0 Å². The molecule has 3 amide bonds. The Labute approximate surface area is 70.9 Å². The average molecular weight is 168 g/mol. The number of urea groups is 1. The Morgan fingerprint density at radius 2 is 2.08 bits per heavy atom.